The molecular formula is C36H40N4O8. The number of furan rings is 1. The van der Waals surface area contributed by atoms with Crippen LogP contribution in [0, 0.1) is 11.8 Å². The van der Waals surface area contributed by atoms with E-state index in [-0.39, 0.29) is 30.7 Å². The molecule has 0 bridgehead atoms. The Bertz CT molecular complexity index is 1740. The Balaban J connectivity index is 1.33. The number of benzene rings is 1. The summed E-state index contributed by atoms with van der Waals surface area (Å²) in [5.74, 6) is -2.44. The third-order valence-electron chi connectivity index (χ3n) is 10.5. The van der Waals surface area contributed by atoms with E-state index in [1.165, 1.54) is 18.9 Å². The van der Waals surface area contributed by atoms with Gasteiger partial charge in [-0.2, -0.15) is 0 Å². The van der Waals surface area contributed by atoms with Gasteiger partial charge in [-0.25, -0.2) is 14.6 Å². The van der Waals surface area contributed by atoms with Gasteiger partial charge in [0.05, 0.1) is 19.6 Å². The smallest absolute Gasteiger partial charge is 0.337 e. The zero-order valence-corrected chi connectivity index (χ0v) is 27.3. The molecule has 12 heteroatoms. The van der Waals surface area contributed by atoms with Gasteiger partial charge in [-0.15, -0.1) is 0 Å². The number of amides is 5. The number of methoxy groups -OCH3 is 1. The number of ether oxygens (including phenoxy) is 2. The number of pyridine rings is 1. The highest BCUT2D eigenvalue weighted by molar-refractivity contribution is 6.15. The minimum absolute atomic E-state index is 0.0302. The highest BCUT2D eigenvalue weighted by Gasteiger charge is 2.66. The summed E-state index contributed by atoms with van der Waals surface area (Å²) in [4.78, 5) is 79.0. The lowest BCUT2D eigenvalue weighted by Crippen LogP contribution is -2.57. The van der Waals surface area contributed by atoms with Crippen molar-refractivity contribution in [2.45, 2.75) is 89.4 Å². The number of imide groups is 2. The zero-order valence-electron chi connectivity index (χ0n) is 27.3. The van der Waals surface area contributed by atoms with Crippen molar-refractivity contribution in [1.29, 1.82) is 0 Å². The molecule has 2 aliphatic heterocycles. The Hall–Kier alpha value is -4.74. The van der Waals surface area contributed by atoms with Crippen LogP contribution in [0.25, 0.3) is 11.0 Å². The molecule has 2 atom stereocenters. The summed E-state index contributed by atoms with van der Waals surface area (Å²) in [6, 6.07) is 7.53. The molecule has 3 aromatic rings. The molecule has 48 heavy (non-hydrogen) atoms. The third kappa shape index (κ3) is 5.31. The first kappa shape index (κ1) is 31.8. The second kappa shape index (κ2) is 12.7. The highest BCUT2D eigenvalue weighted by atomic mass is 16.6. The van der Waals surface area contributed by atoms with Gasteiger partial charge in [0.15, 0.2) is 6.23 Å². The summed E-state index contributed by atoms with van der Waals surface area (Å²) in [5.41, 5.74) is -0.538. The fourth-order valence-electron chi connectivity index (χ4n) is 7.83. The molecule has 5 amide bonds. The van der Waals surface area contributed by atoms with E-state index < -0.39 is 41.5 Å². The first-order valence-corrected chi connectivity index (χ1v) is 17.0. The van der Waals surface area contributed by atoms with Crippen LogP contribution < -0.4 is 4.74 Å². The van der Waals surface area contributed by atoms with Crippen molar-refractivity contribution >= 4 is 40.7 Å². The van der Waals surface area contributed by atoms with Crippen LogP contribution in [0.2, 0.25) is 0 Å². The molecule has 1 unspecified atom stereocenters. The van der Waals surface area contributed by atoms with Gasteiger partial charge in [-0.1, -0.05) is 44.6 Å². The predicted octanol–water partition coefficient (Wildman–Crippen LogP) is 5.53. The second-order valence-electron chi connectivity index (χ2n) is 13.4. The van der Waals surface area contributed by atoms with Crippen molar-refractivity contribution in [1.82, 2.24) is 19.7 Å². The number of fused-ring (bicyclic) bond motifs is 2. The van der Waals surface area contributed by atoms with Crippen molar-refractivity contribution in [3.05, 3.63) is 59.6 Å². The first-order chi connectivity index (χ1) is 23.2. The summed E-state index contributed by atoms with van der Waals surface area (Å²) < 4.78 is 17.5. The summed E-state index contributed by atoms with van der Waals surface area (Å²) in [6.45, 7) is 1.25. The van der Waals surface area contributed by atoms with E-state index >= 15 is 4.79 Å². The van der Waals surface area contributed by atoms with Gasteiger partial charge < -0.3 is 18.8 Å². The monoisotopic (exact) mass is 656 g/mol. The van der Waals surface area contributed by atoms with E-state index in [4.69, 9.17) is 13.9 Å². The molecule has 2 aromatic heterocycles. The lowest BCUT2D eigenvalue weighted by atomic mass is 9.85. The molecule has 2 saturated carbocycles. The van der Waals surface area contributed by atoms with Crippen LogP contribution in [-0.4, -0.2) is 69.3 Å². The van der Waals surface area contributed by atoms with Crippen LogP contribution in [0.4, 0.5) is 4.79 Å². The van der Waals surface area contributed by atoms with Crippen molar-refractivity contribution in [2.24, 2.45) is 11.8 Å². The lowest BCUT2D eigenvalue weighted by Gasteiger charge is -2.37. The molecule has 0 spiro atoms. The van der Waals surface area contributed by atoms with Gasteiger partial charge >= 0.3 is 12.0 Å². The highest BCUT2D eigenvalue weighted by Crippen LogP contribution is 2.45. The first-order valence-electron chi connectivity index (χ1n) is 17.0. The Labute approximate surface area is 278 Å². The molecule has 0 N–H and O–H groups in total. The van der Waals surface area contributed by atoms with E-state index in [1.807, 2.05) is 0 Å². The maximum absolute atomic E-state index is 15.1. The fraction of sp³-hybridized carbons (Fsp3) is 0.500. The summed E-state index contributed by atoms with van der Waals surface area (Å²) >= 11 is 0. The van der Waals surface area contributed by atoms with Crippen LogP contribution in [0.5, 0.6) is 5.75 Å². The zero-order chi connectivity index (χ0) is 33.6. The minimum Gasteiger partial charge on any atom is -0.497 e. The largest absolute Gasteiger partial charge is 0.497 e. The fourth-order valence-corrected chi connectivity index (χ4v) is 7.83. The van der Waals surface area contributed by atoms with E-state index in [0.717, 1.165) is 53.9 Å². The molecule has 7 rings (SSSR count). The van der Waals surface area contributed by atoms with Crippen molar-refractivity contribution in [3.63, 3.8) is 0 Å². The molecular weight excluding hydrogens is 616 g/mol. The maximum Gasteiger partial charge on any atom is 0.337 e. The van der Waals surface area contributed by atoms with E-state index in [9.17, 15) is 19.2 Å². The third-order valence-corrected chi connectivity index (χ3v) is 10.5. The Morgan fingerprint density at radius 2 is 1.69 bits per heavy atom. The molecule has 0 radical (unpaired) electrons. The van der Waals surface area contributed by atoms with Crippen molar-refractivity contribution in [3.8, 4) is 5.75 Å². The number of rotatable bonds is 8. The van der Waals surface area contributed by atoms with Crippen LogP contribution in [0.3, 0.4) is 0 Å². The number of hydrogen-bond donors (Lipinski definition) is 0. The topological polar surface area (TPSA) is 140 Å². The minimum atomic E-state index is -2.07. The van der Waals surface area contributed by atoms with Gasteiger partial charge in [0.1, 0.15) is 17.1 Å². The average molecular weight is 657 g/mol. The molecule has 1 saturated heterocycles. The molecule has 4 heterocycles. The van der Waals surface area contributed by atoms with Gasteiger partial charge in [0.2, 0.25) is 11.4 Å². The van der Waals surface area contributed by atoms with Gasteiger partial charge in [0.25, 0.3) is 11.8 Å². The summed E-state index contributed by atoms with van der Waals surface area (Å²) in [7, 11) is 1.51. The number of carbonyl (C=O) groups excluding carboxylic acids is 5. The van der Waals surface area contributed by atoms with Crippen LogP contribution in [-0.2, 0) is 31.2 Å². The predicted molar refractivity (Wildman–Crippen MR) is 171 cm³/mol. The lowest BCUT2D eigenvalue weighted by molar-refractivity contribution is -0.164. The summed E-state index contributed by atoms with van der Waals surface area (Å²) in [5, 5.41) is 0.563. The van der Waals surface area contributed by atoms with Gasteiger partial charge in [-0.05, 0) is 62.4 Å². The number of hydrogen-bond acceptors (Lipinski definition) is 9. The van der Waals surface area contributed by atoms with E-state index in [0.29, 0.717) is 48.0 Å². The number of carbonyl (C=O) groups is 5. The molecule has 252 valence electrons. The number of urea groups is 1. The van der Waals surface area contributed by atoms with Crippen LogP contribution >= 0.6 is 0 Å². The Kier molecular flexibility index (Phi) is 8.43. The van der Waals surface area contributed by atoms with Gasteiger partial charge in [0, 0.05) is 35.8 Å². The van der Waals surface area contributed by atoms with Crippen LogP contribution in [0.1, 0.15) is 92.8 Å². The molecule has 3 fully saturated rings. The quantitative estimate of drug-likeness (QED) is 0.226. The SMILES string of the molecule is COc1ccc2c(c1)C(=O)N(C[C@]1(c3cc4cnccc4o3)C(=O)N(C(C)OC(=O)C3CCCCC3)C(=O)N1C(=O)C1CCCCC1)C2. The van der Waals surface area contributed by atoms with E-state index in [1.54, 1.807) is 42.7 Å². The molecule has 2 aliphatic carbocycles. The summed E-state index contributed by atoms with van der Waals surface area (Å²) in [6.07, 6.45) is 9.76. The average Bonchev–Trinajstić information content (AvgIpc) is 3.75. The molecule has 1 aromatic carbocycles. The Morgan fingerprint density at radius 1 is 0.979 bits per heavy atom. The maximum atomic E-state index is 15.1. The second-order valence-corrected chi connectivity index (χ2v) is 13.4. The normalized spacial score (nSPS) is 22.8. The number of nitrogens with zero attached hydrogens (tertiary/aromatic N) is 4. The molecule has 12 nitrogen and oxygen atoms in total. The van der Waals surface area contributed by atoms with Crippen molar-refractivity contribution in [2.75, 3.05) is 13.7 Å². The van der Waals surface area contributed by atoms with Crippen LogP contribution in [0.15, 0.2) is 47.1 Å². The van der Waals surface area contributed by atoms with E-state index in [2.05, 4.69) is 4.98 Å². The van der Waals surface area contributed by atoms with Gasteiger partial charge in [-0.3, -0.25) is 24.2 Å². The molecule has 4 aliphatic rings. The number of esters is 1. The Morgan fingerprint density at radius 3 is 2.38 bits per heavy atom. The number of aromatic nitrogens is 1. The van der Waals surface area contributed by atoms with Crippen molar-refractivity contribution < 1.29 is 37.9 Å². The standard InChI is InChI=1S/C36H40N4O8/c1-22(47-33(43)24-11-7-4-8-12-24)39-34(44)36(30-17-26-19-37-16-15-29(26)48-30,40(35(39)45)31(41)23-9-5-3-6-10-23)21-38-20-25-13-14-27(46-2)18-28(25)32(38)42/h13-19,22-24H,3-12,20-21H2,1-2H3/t22?,36-/m0/s1.